The minimum absolute atomic E-state index is 0.00261. The zero-order valence-corrected chi connectivity index (χ0v) is 18.3. The smallest absolute Gasteiger partial charge is 0.232 e. The molecule has 1 N–H and O–H groups in total. The third kappa shape index (κ3) is 5.68. The van der Waals surface area contributed by atoms with Crippen LogP contribution < -0.4 is 10.1 Å². The highest BCUT2D eigenvalue weighted by Gasteiger charge is 2.15. The lowest BCUT2D eigenvalue weighted by atomic mass is 10.2. The number of nitrogens with one attached hydrogen (secondary N) is 1. The summed E-state index contributed by atoms with van der Waals surface area (Å²) in [6, 6.07) is 14.3. The molecule has 0 aliphatic carbocycles. The van der Waals surface area contributed by atoms with Crippen molar-refractivity contribution in [1.82, 2.24) is 14.8 Å². The number of methoxy groups -OCH3 is 1. The topological polar surface area (TPSA) is 86.1 Å². The number of ketones is 1. The zero-order chi connectivity index (χ0) is 20.8. The molecule has 0 saturated carbocycles. The normalized spacial score (nSPS) is 10.6. The van der Waals surface area contributed by atoms with Gasteiger partial charge < -0.3 is 14.6 Å². The number of nitrogens with zero attached hydrogens (tertiary/aromatic N) is 3. The van der Waals surface area contributed by atoms with Gasteiger partial charge in [-0.25, -0.2) is 0 Å². The summed E-state index contributed by atoms with van der Waals surface area (Å²) in [4.78, 5) is 24.6. The summed E-state index contributed by atoms with van der Waals surface area (Å²) < 4.78 is 7.80. The van der Waals surface area contributed by atoms with E-state index in [-0.39, 0.29) is 23.9 Å². The first-order valence-corrected chi connectivity index (χ1v) is 10.5. The van der Waals surface area contributed by atoms with Gasteiger partial charge in [0.05, 0.1) is 19.3 Å². The molecule has 0 atom stereocenters. The molecule has 0 radical (unpaired) electrons. The number of aromatic nitrogens is 3. The summed E-state index contributed by atoms with van der Waals surface area (Å²) in [7, 11) is 3.35. The summed E-state index contributed by atoms with van der Waals surface area (Å²) in [6.07, 6.45) is 0.0714. The quantitative estimate of drug-likeness (QED) is 0.395. The molecule has 2 aromatic carbocycles. The Balaban J connectivity index is 1.57. The maximum absolute atomic E-state index is 12.3. The van der Waals surface area contributed by atoms with Crippen LogP contribution in [0.15, 0.2) is 58.2 Å². The molecule has 3 aromatic rings. The van der Waals surface area contributed by atoms with E-state index in [1.54, 1.807) is 55.1 Å². The molecule has 3 rings (SSSR count). The number of carbonyl (C=O) groups excluding carboxylic acids is 2. The second kappa shape index (κ2) is 9.71. The summed E-state index contributed by atoms with van der Waals surface area (Å²) in [5.41, 5.74) is 1.28. The van der Waals surface area contributed by atoms with Crippen LogP contribution in [0, 0.1) is 0 Å². The number of hydrogen-bond acceptors (Lipinski definition) is 6. The third-order valence-electron chi connectivity index (χ3n) is 4.10. The van der Waals surface area contributed by atoms with Gasteiger partial charge in [-0.15, -0.1) is 10.2 Å². The number of benzene rings is 2. The molecule has 0 fully saturated rings. The Kier molecular flexibility index (Phi) is 7.05. The number of thioether (sulfide) groups is 1. The number of rotatable bonds is 8. The van der Waals surface area contributed by atoms with E-state index in [4.69, 9.17) is 4.74 Å². The summed E-state index contributed by atoms with van der Waals surface area (Å²) >= 11 is 4.64. The number of anilines is 1. The Bertz CT molecular complexity index is 1020. The SMILES string of the molecule is COc1cccc(NC(=O)Cc2nnc(SCC(=O)c3ccc(Br)cc3)n2C)c1. The van der Waals surface area contributed by atoms with Gasteiger partial charge in [0.15, 0.2) is 10.9 Å². The van der Waals surface area contributed by atoms with E-state index in [1.165, 1.54) is 11.8 Å². The van der Waals surface area contributed by atoms with Crippen LogP contribution in [0.25, 0.3) is 0 Å². The highest BCUT2D eigenvalue weighted by atomic mass is 79.9. The fourth-order valence-electron chi connectivity index (χ4n) is 2.52. The van der Waals surface area contributed by atoms with Gasteiger partial charge in [0, 0.05) is 28.8 Å². The van der Waals surface area contributed by atoms with E-state index in [9.17, 15) is 9.59 Å². The van der Waals surface area contributed by atoms with Gasteiger partial charge in [0.25, 0.3) is 0 Å². The Hall–Kier alpha value is -2.65. The van der Waals surface area contributed by atoms with Crippen LogP contribution in [0.4, 0.5) is 5.69 Å². The molecule has 0 aliphatic heterocycles. The van der Waals surface area contributed by atoms with Gasteiger partial charge in [-0.3, -0.25) is 9.59 Å². The highest BCUT2D eigenvalue weighted by molar-refractivity contribution is 9.10. The Morgan fingerprint density at radius 3 is 2.66 bits per heavy atom. The molecule has 0 saturated heterocycles. The minimum atomic E-state index is -0.212. The van der Waals surface area contributed by atoms with Crippen molar-refractivity contribution in [1.29, 1.82) is 0 Å². The van der Waals surface area contributed by atoms with Gasteiger partial charge in [-0.05, 0) is 24.3 Å². The van der Waals surface area contributed by atoms with Crippen LogP contribution >= 0.6 is 27.7 Å². The van der Waals surface area contributed by atoms with Crippen molar-refractivity contribution >= 4 is 45.1 Å². The van der Waals surface area contributed by atoms with E-state index in [0.717, 1.165) is 4.47 Å². The summed E-state index contributed by atoms with van der Waals surface area (Å²) in [5, 5.41) is 11.6. The molecule has 1 aromatic heterocycles. The average molecular weight is 475 g/mol. The van der Waals surface area contributed by atoms with Crippen LogP contribution in [0.2, 0.25) is 0 Å². The molecule has 0 aliphatic rings. The third-order valence-corrected chi connectivity index (χ3v) is 5.64. The van der Waals surface area contributed by atoms with Crippen LogP contribution in [-0.4, -0.2) is 39.3 Å². The van der Waals surface area contributed by atoms with Crippen LogP contribution in [0.5, 0.6) is 5.75 Å². The van der Waals surface area contributed by atoms with Gasteiger partial charge in [0.1, 0.15) is 11.6 Å². The maximum atomic E-state index is 12.3. The number of Topliss-reactive ketones (excluding diaryl/α,β-unsaturated/α-hetero) is 1. The largest absolute Gasteiger partial charge is 0.497 e. The average Bonchev–Trinajstić information content (AvgIpc) is 3.06. The van der Waals surface area contributed by atoms with E-state index >= 15 is 0 Å². The van der Waals surface area contributed by atoms with Crippen molar-refractivity contribution in [2.75, 3.05) is 18.2 Å². The van der Waals surface area contributed by atoms with Crippen molar-refractivity contribution < 1.29 is 14.3 Å². The number of amides is 1. The molecule has 0 unspecified atom stereocenters. The first-order chi connectivity index (χ1) is 14.0. The molecule has 7 nitrogen and oxygen atoms in total. The molecule has 0 bridgehead atoms. The Labute approximate surface area is 181 Å². The van der Waals surface area contributed by atoms with Crippen molar-refractivity contribution in [3.8, 4) is 5.75 Å². The molecular formula is C20H19BrN4O3S. The second-order valence-corrected chi connectivity index (χ2v) is 7.99. The van der Waals surface area contributed by atoms with Crippen LogP contribution in [0.1, 0.15) is 16.2 Å². The number of carbonyl (C=O) groups is 2. The maximum Gasteiger partial charge on any atom is 0.232 e. The van der Waals surface area contributed by atoms with E-state index in [2.05, 4.69) is 31.4 Å². The van der Waals surface area contributed by atoms with Gasteiger partial charge in [-0.1, -0.05) is 45.9 Å². The zero-order valence-electron chi connectivity index (χ0n) is 15.9. The molecule has 9 heteroatoms. The van der Waals surface area contributed by atoms with Crippen molar-refractivity contribution in [2.24, 2.45) is 7.05 Å². The fourth-order valence-corrected chi connectivity index (χ4v) is 3.61. The minimum Gasteiger partial charge on any atom is -0.497 e. The van der Waals surface area contributed by atoms with E-state index < -0.39 is 0 Å². The predicted octanol–water partition coefficient (Wildman–Crippen LogP) is 3.74. The molecule has 1 amide bonds. The standard InChI is InChI=1S/C20H19BrN4O3S/c1-25-18(11-19(27)22-15-4-3-5-16(10-15)28-2)23-24-20(25)29-12-17(26)13-6-8-14(21)9-7-13/h3-10H,11-12H2,1-2H3,(H,22,27). The van der Waals surface area contributed by atoms with Gasteiger partial charge in [-0.2, -0.15) is 0 Å². The fraction of sp³-hybridized carbons (Fsp3) is 0.200. The Morgan fingerprint density at radius 2 is 1.93 bits per heavy atom. The molecule has 1 heterocycles. The lowest BCUT2D eigenvalue weighted by molar-refractivity contribution is -0.115. The van der Waals surface area contributed by atoms with Crippen LogP contribution in [0.3, 0.4) is 0 Å². The van der Waals surface area contributed by atoms with Crippen LogP contribution in [-0.2, 0) is 18.3 Å². The number of hydrogen-bond donors (Lipinski definition) is 1. The molecular weight excluding hydrogens is 456 g/mol. The molecule has 0 spiro atoms. The molecule has 150 valence electrons. The summed E-state index contributed by atoms with van der Waals surface area (Å²) in [6.45, 7) is 0. The first-order valence-electron chi connectivity index (χ1n) is 8.70. The molecule has 29 heavy (non-hydrogen) atoms. The van der Waals surface area contributed by atoms with Crippen molar-refractivity contribution in [3.05, 3.63) is 64.4 Å². The number of halogens is 1. The Morgan fingerprint density at radius 1 is 1.17 bits per heavy atom. The van der Waals surface area contributed by atoms with Gasteiger partial charge >= 0.3 is 0 Å². The lowest BCUT2D eigenvalue weighted by Gasteiger charge is -2.07. The second-order valence-electron chi connectivity index (χ2n) is 6.13. The van der Waals surface area contributed by atoms with E-state index in [0.29, 0.717) is 28.0 Å². The monoisotopic (exact) mass is 474 g/mol. The highest BCUT2D eigenvalue weighted by Crippen LogP contribution is 2.20. The van der Waals surface area contributed by atoms with Crippen molar-refractivity contribution in [3.63, 3.8) is 0 Å². The first kappa shape index (κ1) is 21.1. The van der Waals surface area contributed by atoms with Crippen molar-refractivity contribution in [2.45, 2.75) is 11.6 Å². The predicted molar refractivity (Wildman–Crippen MR) is 116 cm³/mol. The summed E-state index contributed by atoms with van der Waals surface area (Å²) in [5.74, 6) is 1.21. The number of ether oxygens (including phenoxy) is 1. The van der Waals surface area contributed by atoms with E-state index in [1.807, 2.05) is 12.1 Å². The van der Waals surface area contributed by atoms with Gasteiger partial charge in [0.2, 0.25) is 5.91 Å². The lowest BCUT2D eigenvalue weighted by Crippen LogP contribution is -2.17.